The first-order valence-corrected chi connectivity index (χ1v) is 6.27. The third-order valence-electron chi connectivity index (χ3n) is 2.95. The summed E-state index contributed by atoms with van der Waals surface area (Å²) < 4.78 is 0. The quantitative estimate of drug-likeness (QED) is 0.136. The molecule has 9 nitrogen and oxygen atoms in total. The number of nitrogens with zero attached hydrogens (tertiary/aromatic N) is 1. The molecule has 0 saturated carbocycles. The van der Waals surface area contributed by atoms with E-state index in [1.165, 1.54) is 4.90 Å². The topological polar surface area (TPSA) is 180 Å². The standard InChI is InChI=1S/C10H28N6O3/c11-1-2-15-3-4-16(8(13)5-12)9(19)10(14,6-17)7-18/h8-9,15,17-19H,1-7,11-14H2. The Hall–Kier alpha value is -0.360. The van der Waals surface area contributed by atoms with Crippen LogP contribution in [-0.2, 0) is 0 Å². The number of nitrogens with two attached hydrogens (primary N) is 4. The van der Waals surface area contributed by atoms with E-state index in [0.717, 1.165) is 0 Å². The zero-order valence-electron chi connectivity index (χ0n) is 11.2. The second-order valence-corrected chi connectivity index (χ2v) is 4.50. The molecule has 0 saturated heterocycles. The van der Waals surface area contributed by atoms with Crippen LogP contribution >= 0.6 is 0 Å². The van der Waals surface area contributed by atoms with Crippen molar-refractivity contribution in [2.24, 2.45) is 22.9 Å². The summed E-state index contributed by atoms with van der Waals surface area (Å²) in [4.78, 5) is 1.44. The van der Waals surface area contributed by atoms with Crippen molar-refractivity contribution in [3.8, 4) is 0 Å². The van der Waals surface area contributed by atoms with E-state index >= 15 is 0 Å². The van der Waals surface area contributed by atoms with Gasteiger partial charge in [-0.15, -0.1) is 0 Å². The van der Waals surface area contributed by atoms with Gasteiger partial charge >= 0.3 is 0 Å². The van der Waals surface area contributed by atoms with Crippen LogP contribution in [0.4, 0.5) is 0 Å². The highest BCUT2D eigenvalue weighted by molar-refractivity contribution is 4.92. The van der Waals surface area contributed by atoms with E-state index in [9.17, 15) is 15.3 Å². The molecule has 0 aromatic carbocycles. The van der Waals surface area contributed by atoms with Gasteiger partial charge in [-0.1, -0.05) is 0 Å². The largest absolute Gasteiger partial charge is 0.394 e. The maximum atomic E-state index is 10.2. The molecule has 9 heteroatoms. The summed E-state index contributed by atoms with van der Waals surface area (Å²) in [6, 6.07) is 0. The molecule has 0 aliphatic heterocycles. The average molecular weight is 280 g/mol. The van der Waals surface area contributed by atoms with E-state index < -0.39 is 31.1 Å². The third-order valence-corrected chi connectivity index (χ3v) is 2.95. The fourth-order valence-electron chi connectivity index (χ4n) is 1.58. The minimum Gasteiger partial charge on any atom is -0.394 e. The Morgan fingerprint density at radius 1 is 1.16 bits per heavy atom. The first-order valence-electron chi connectivity index (χ1n) is 6.27. The zero-order valence-corrected chi connectivity index (χ0v) is 11.2. The summed E-state index contributed by atoms with van der Waals surface area (Å²) in [6.45, 7) is 0.979. The van der Waals surface area contributed by atoms with Gasteiger partial charge in [0.15, 0.2) is 0 Å². The van der Waals surface area contributed by atoms with Crippen molar-refractivity contribution < 1.29 is 15.3 Å². The predicted molar refractivity (Wildman–Crippen MR) is 72.8 cm³/mol. The Morgan fingerprint density at radius 2 is 1.74 bits per heavy atom. The summed E-state index contributed by atoms with van der Waals surface area (Å²) in [5.74, 6) is 0. The van der Waals surface area contributed by atoms with Crippen molar-refractivity contribution >= 4 is 0 Å². The van der Waals surface area contributed by atoms with Crippen LogP contribution in [0.1, 0.15) is 0 Å². The fraction of sp³-hybridized carbons (Fsp3) is 1.00. The first kappa shape index (κ1) is 18.6. The van der Waals surface area contributed by atoms with E-state index in [0.29, 0.717) is 26.2 Å². The molecule has 0 bridgehead atoms. The van der Waals surface area contributed by atoms with Gasteiger partial charge in [0, 0.05) is 32.7 Å². The van der Waals surface area contributed by atoms with Gasteiger partial charge in [0.1, 0.15) is 11.8 Å². The van der Waals surface area contributed by atoms with Gasteiger partial charge in [0.2, 0.25) is 0 Å². The lowest BCUT2D eigenvalue weighted by Crippen LogP contribution is -2.67. The Morgan fingerprint density at radius 3 is 2.16 bits per heavy atom. The molecule has 0 aliphatic carbocycles. The molecule has 2 atom stereocenters. The van der Waals surface area contributed by atoms with E-state index in [4.69, 9.17) is 22.9 Å². The van der Waals surface area contributed by atoms with E-state index in [-0.39, 0.29) is 6.54 Å². The second kappa shape index (κ2) is 9.53. The molecule has 0 radical (unpaired) electrons. The van der Waals surface area contributed by atoms with Gasteiger partial charge in [0.05, 0.1) is 19.4 Å². The molecular weight excluding hydrogens is 252 g/mol. The molecule has 116 valence electrons. The summed E-state index contributed by atoms with van der Waals surface area (Å²) >= 11 is 0. The van der Waals surface area contributed by atoms with Crippen LogP contribution in [0.2, 0.25) is 0 Å². The van der Waals surface area contributed by atoms with Gasteiger partial charge < -0.3 is 43.6 Å². The Labute approximate surface area is 113 Å². The number of hydrogen-bond donors (Lipinski definition) is 8. The molecule has 0 aromatic rings. The molecule has 0 aromatic heterocycles. The van der Waals surface area contributed by atoms with Gasteiger partial charge in [-0.25, -0.2) is 0 Å². The maximum Gasteiger partial charge on any atom is 0.131 e. The number of aliphatic hydroxyl groups excluding tert-OH is 3. The minimum absolute atomic E-state index is 0.112. The maximum absolute atomic E-state index is 10.2. The minimum atomic E-state index is -1.55. The second-order valence-electron chi connectivity index (χ2n) is 4.50. The Balaban J connectivity index is 4.64. The van der Waals surface area contributed by atoms with E-state index in [1.54, 1.807) is 0 Å². The Bertz CT molecular complexity index is 229. The molecule has 0 heterocycles. The number of hydrogen-bond acceptors (Lipinski definition) is 9. The van der Waals surface area contributed by atoms with Crippen LogP contribution in [0.5, 0.6) is 0 Å². The number of nitrogens with one attached hydrogen (secondary N) is 1. The van der Waals surface area contributed by atoms with Crippen molar-refractivity contribution in [2.75, 3.05) is 45.9 Å². The highest BCUT2D eigenvalue weighted by Crippen LogP contribution is 2.12. The first-order chi connectivity index (χ1) is 8.96. The van der Waals surface area contributed by atoms with Crippen molar-refractivity contribution in [2.45, 2.75) is 17.9 Å². The molecule has 0 rings (SSSR count). The molecule has 0 spiro atoms. The van der Waals surface area contributed by atoms with Crippen molar-refractivity contribution in [1.29, 1.82) is 0 Å². The van der Waals surface area contributed by atoms with Gasteiger partial charge in [-0.2, -0.15) is 0 Å². The lowest BCUT2D eigenvalue weighted by molar-refractivity contribution is -0.101. The highest BCUT2D eigenvalue weighted by Gasteiger charge is 2.38. The van der Waals surface area contributed by atoms with Gasteiger partial charge in [-0.3, -0.25) is 4.90 Å². The molecule has 19 heavy (non-hydrogen) atoms. The summed E-state index contributed by atoms with van der Waals surface area (Å²) in [5.41, 5.74) is 20.8. The normalized spacial score (nSPS) is 15.8. The van der Waals surface area contributed by atoms with Crippen LogP contribution in [0.3, 0.4) is 0 Å². The predicted octanol–water partition coefficient (Wildman–Crippen LogP) is -4.92. The lowest BCUT2D eigenvalue weighted by Gasteiger charge is -2.41. The molecule has 0 aliphatic rings. The van der Waals surface area contributed by atoms with Crippen molar-refractivity contribution in [1.82, 2.24) is 10.2 Å². The summed E-state index contributed by atoms with van der Waals surface area (Å²) in [6.07, 6.45) is -1.93. The SMILES string of the molecule is NCCNCCN(C(N)CN)C(O)C(N)(CO)CO. The van der Waals surface area contributed by atoms with Gasteiger partial charge in [-0.05, 0) is 0 Å². The van der Waals surface area contributed by atoms with Crippen LogP contribution in [0.15, 0.2) is 0 Å². The molecule has 0 amide bonds. The molecule has 12 N–H and O–H groups in total. The zero-order chi connectivity index (χ0) is 14.9. The number of rotatable bonds is 11. The van der Waals surface area contributed by atoms with Crippen LogP contribution in [0, 0.1) is 0 Å². The highest BCUT2D eigenvalue weighted by atomic mass is 16.3. The van der Waals surface area contributed by atoms with Crippen LogP contribution in [-0.4, -0.2) is 84.1 Å². The van der Waals surface area contributed by atoms with E-state index in [1.807, 2.05) is 0 Å². The van der Waals surface area contributed by atoms with Crippen LogP contribution < -0.4 is 28.3 Å². The average Bonchev–Trinajstić information content (AvgIpc) is 2.45. The van der Waals surface area contributed by atoms with Crippen molar-refractivity contribution in [3.63, 3.8) is 0 Å². The van der Waals surface area contributed by atoms with Crippen molar-refractivity contribution in [3.05, 3.63) is 0 Å². The number of aliphatic hydroxyl groups is 3. The fourth-order valence-corrected chi connectivity index (χ4v) is 1.58. The monoisotopic (exact) mass is 280 g/mol. The van der Waals surface area contributed by atoms with E-state index in [2.05, 4.69) is 5.32 Å². The lowest BCUT2D eigenvalue weighted by atomic mass is 9.99. The smallest absolute Gasteiger partial charge is 0.131 e. The molecule has 2 unspecified atom stereocenters. The third kappa shape index (κ3) is 5.65. The molecule has 0 fully saturated rings. The molecular formula is C10H28N6O3. The van der Waals surface area contributed by atoms with Gasteiger partial charge in [0.25, 0.3) is 0 Å². The summed E-state index contributed by atoms with van der Waals surface area (Å²) in [5, 5.41) is 31.6. The Kier molecular flexibility index (Phi) is 9.35. The summed E-state index contributed by atoms with van der Waals surface area (Å²) in [7, 11) is 0. The van der Waals surface area contributed by atoms with Crippen LogP contribution in [0.25, 0.3) is 0 Å².